The van der Waals surface area contributed by atoms with E-state index in [1.54, 1.807) is 0 Å². The maximum atomic E-state index is 12.0. The first-order valence-corrected chi connectivity index (χ1v) is 7.41. The molecule has 0 spiro atoms. The van der Waals surface area contributed by atoms with E-state index in [4.69, 9.17) is 0 Å². The van der Waals surface area contributed by atoms with E-state index in [9.17, 15) is 9.59 Å². The van der Waals surface area contributed by atoms with Crippen molar-refractivity contribution in [3.8, 4) is 0 Å². The zero-order chi connectivity index (χ0) is 15.6. The molecule has 0 aliphatic carbocycles. The van der Waals surface area contributed by atoms with Crippen LogP contribution in [0.15, 0.2) is 18.5 Å². The molecular formula is C16H25N3O2. The van der Waals surface area contributed by atoms with Crippen LogP contribution in [0.25, 0.3) is 0 Å². The summed E-state index contributed by atoms with van der Waals surface area (Å²) >= 11 is 0. The van der Waals surface area contributed by atoms with Crippen LogP contribution < -0.4 is 5.32 Å². The molecule has 1 fully saturated rings. The van der Waals surface area contributed by atoms with Gasteiger partial charge in [0.2, 0.25) is 11.8 Å². The minimum atomic E-state index is -0.0592. The Morgan fingerprint density at radius 3 is 2.71 bits per heavy atom. The van der Waals surface area contributed by atoms with Gasteiger partial charge in [-0.25, -0.2) is 0 Å². The van der Waals surface area contributed by atoms with Gasteiger partial charge in [-0.05, 0) is 17.0 Å². The topological polar surface area (TPSA) is 54.3 Å². The van der Waals surface area contributed by atoms with Crippen LogP contribution in [-0.4, -0.2) is 40.4 Å². The Balaban J connectivity index is 1.84. The molecule has 1 atom stereocenters. The standard InChI is InChI=1S/C16H25N3O2/c1-16(2,3)11-19-10-13(8-15(19)21)17-14(20)7-12-5-6-18(4)9-12/h5-6,9,13H,7-8,10-11H2,1-4H3,(H,17,20)/t13-/m0/s1. The molecule has 5 nitrogen and oxygen atoms in total. The number of carbonyl (C=O) groups is 2. The Bertz CT molecular complexity index is 528. The van der Waals surface area contributed by atoms with Crippen LogP contribution in [0, 0.1) is 5.41 Å². The molecule has 0 bridgehead atoms. The van der Waals surface area contributed by atoms with E-state index in [0.717, 1.165) is 12.1 Å². The van der Waals surface area contributed by atoms with Gasteiger partial charge in [-0.1, -0.05) is 20.8 Å². The van der Waals surface area contributed by atoms with Crippen LogP contribution in [0.2, 0.25) is 0 Å². The van der Waals surface area contributed by atoms with Crippen LogP contribution in [-0.2, 0) is 23.1 Å². The smallest absolute Gasteiger partial charge is 0.224 e. The van der Waals surface area contributed by atoms with E-state index in [2.05, 4.69) is 26.1 Å². The third-order valence-electron chi connectivity index (χ3n) is 3.50. The van der Waals surface area contributed by atoms with Gasteiger partial charge in [0.1, 0.15) is 0 Å². The zero-order valence-corrected chi connectivity index (χ0v) is 13.3. The summed E-state index contributed by atoms with van der Waals surface area (Å²) in [6, 6.07) is 1.88. The fourth-order valence-electron chi connectivity index (χ4n) is 2.72. The maximum absolute atomic E-state index is 12.0. The molecule has 1 saturated heterocycles. The van der Waals surface area contributed by atoms with E-state index < -0.39 is 0 Å². The number of rotatable bonds is 4. The SMILES string of the molecule is Cn1ccc(CC(=O)N[C@H]2CC(=O)N(CC(C)(C)C)C2)c1. The number of aryl methyl sites for hydroxylation is 1. The number of hydrogen-bond donors (Lipinski definition) is 1. The Hall–Kier alpha value is -1.78. The minimum absolute atomic E-state index is 0.0170. The molecule has 1 N–H and O–H groups in total. The maximum Gasteiger partial charge on any atom is 0.224 e. The quantitative estimate of drug-likeness (QED) is 0.910. The molecule has 1 aliphatic rings. The average molecular weight is 291 g/mol. The van der Waals surface area contributed by atoms with Gasteiger partial charge in [0, 0.05) is 39.0 Å². The highest BCUT2D eigenvalue weighted by atomic mass is 16.2. The molecule has 0 unspecified atom stereocenters. The second-order valence-electron chi connectivity index (χ2n) is 7.17. The van der Waals surface area contributed by atoms with E-state index >= 15 is 0 Å². The molecule has 2 amide bonds. The monoisotopic (exact) mass is 291 g/mol. The van der Waals surface area contributed by atoms with Crippen LogP contribution in [0.4, 0.5) is 0 Å². The Labute approximate surface area is 126 Å². The van der Waals surface area contributed by atoms with Crippen molar-refractivity contribution < 1.29 is 9.59 Å². The lowest BCUT2D eigenvalue weighted by atomic mass is 9.96. The second kappa shape index (κ2) is 5.92. The van der Waals surface area contributed by atoms with Gasteiger partial charge in [0.05, 0.1) is 12.5 Å². The molecule has 0 saturated carbocycles. The number of likely N-dealkylation sites (tertiary alicyclic amines) is 1. The minimum Gasteiger partial charge on any atom is -0.357 e. The number of nitrogens with zero attached hydrogens (tertiary/aromatic N) is 2. The number of hydrogen-bond acceptors (Lipinski definition) is 2. The lowest BCUT2D eigenvalue weighted by Crippen LogP contribution is -2.39. The van der Waals surface area contributed by atoms with Crippen molar-refractivity contribution in [3.05, 3.63) is 24.0 Å². The van der Waals surface area contributed by atoms with Crippen LogP contribution in [0.5, 0.6) is 0 Å². The third kappa shape index (κ3) is 4.62. The summed E-state index contributed by atoms with van der Waals surface area (Å²) in [4.78, 5) is 25.9. The molecule has 5 heteroatoms. The summed E-state index contributed by atoms with van der Waals surface area (Å²) < 4.78 is 1.92. The van der Waals surface area contributed by atoms with Gasteiger partial charge < -0.3 is 14.8 Å². The zero-order valence-electron chi connectivity index (χ0n) is 13.3. The summed E-state index contributed by atoms with van der Waals surface area (Å²) in [5, 5.41) is 2.97. The van der Waals surface area contributed by atoms with Gasteiger partial charge in [0.15, 0.2) is 0 Å². The lowest BCUT2D eigenvalue weighted by Gasteiger charge is -2.26. The van der Waals surface area contributed by atoms with E-state index in [1.807, 2.05) is 35.0 Å². The first kappa shape index (κ1) is 15.6. The number of nitrogens with one attached hydrogen (secondary N) is 1. The van der Waals surface area contributed by atoms with E-state index in [-0.39, 0.29) is 23.3 Å². The molecule has 1 aromatic rings. The highest BCUT2D eigenvalue weighted by Crippen LogP contribution is 2.20. The average Bonchev–Trinajstić information content (AvgIpc) is 2.84. The normalized spacial score (nSPS) is 19.1. The summed E-state index contributed by atoms with van der Waals surface area (Å²) in [5.41, 5.74) is 1.07. The molecule has 2 rings (SSSR count). The molecule has 21 heavy (non-hydrogen) atoms. The van der Waals surface area contributed by atoms with Gasteiger partial charge in [-0.2, -0.15) is 0 Å². The fraction of sp³-hybridized carbons (Fsp3) is 0.625. The van der Waals surface area contributed by atoms with Crippen LogP contribution in [0.1, 0.15) is 32.8 Å². The van der Waals surface area contributed by atoms with Crippen molar-refractivity contribution in [1.82, 2.24) is 14.8 Å². The molecule has 2 heterocycles. The summed E-state index contributed by atoms with van der Waals surface area (Å²) in [6.45, 7) is 7.69. The molecule has 0 aromatic carbocycles. The highest BCUT2D eigenvalue weighted by Gasteiger charge is 2.32. The van der Waals surface area contributed by atoms with Crippen molar-refractivity contribution >= 4 is 11.8 Å². The number of carbonyl (C=O) groups excluding carboxylic acids is 2. The Morgan fingerprint density at radius 1 is 1.43 bits per heavy atom. The van der Waals surface area contributed by atoms with Crippen molar-refractivity contribution in [2.75, 3.05) is 13.1 Å². The van der Waals surface area contributed by atoms with Gasteiger partial charge in [-0.3, -0.25) is 9.59 Å². The summed E-state index contributed by atoms with van der Waals surface area (Å²) in [5.74, 6) is 0.117. The molecule has 1 aromatic heterocycles. The van der Waals surface area contributed by atoms with Gasteiger partial charge in [0.25, 0.3) is 0 Å². The predicted molar refractivity (Wildman–Crippen MR) is 81.7 cm³/mol. The second-order valence-corrected chi connectivity index (χ2v) is 7.17. The number of amides is 2. The Morgan fingerprint density at radius 2 is 2.14 bits per heavy atom. The highest BCUT2D eigenvalue weighted by molar-refractivity contribution is 5.83. The van der Waals surface area contributed by atoms with E-state index in [0.29, 0.717) is 19.4 Å². The lowest BCUT2D eigenvalue weighted by molar-refractivity contribution is -0.128. The van der Waals surface area contributed by atoms with Crippen molar-refractivity contribution in [1.29, 1.82) is 0 Å². The summed E-state index contributed by atoms with van der Waals surface area (Å²) in [6.07, 6.45) is 4.64. The number of aromatic nitrogens is 1. The third-order valence-corrected chi connectivity index (χ3v) is 3.50. The van der Waals surface area contributed by atoms with Crippen LogP contribution >= 0.6 is 0 Å². The van der Waals surface area contributed by atoms with Gasteiger partial charge in [-0.15, -0.1) is 0 Å². The fourth-order valence-corrected chi connectivity index (χ4v) is 2.72. The van der Waals surface area contributed by atoms with Crippen molar-refractivity contribution in [3.63, 3.8) is 0 Å². The molecular weight excluding hydrogens is 266 g/mol. The largest absolute Gasteiger partial charge is 0.357 e. The molecule has 1 aliphatic heterocycles. The predicted octanol–water partition coefficient (Wildman–Crippen LogP) is 1.33. The van der Waals surface area contributed by atoms with Gasteiger partial charge >= 0.3 is 0 Å². The Kier molecular flexibility index (Phi) is 4.40. The van der Waals surface area contributed by atoms with E-state index in [1.165, 1.54) is 0 Å². The summed E-state index contributed by atoms with van der Waals surface area (Å²) in [7, 11) is 1.93. The molecule has 116 valence electrons. The van der Waals surface area contributed by atoms with Crippen molar-refractivity contribution in [2.24, 2.45) is 12.5 Å². The molecule has 0 radical (unpaired) electrons. The van der Waals surface area contributed by atoms with Crippen molar-refractivity contribution in [2.45, 2.75) is 39.7 Å². The van der Waals surface area contributed by atoms with Crippen LogP contribution in [0.3, 0.4) is 0 Å². The first-order valence-electron chi connectivity index (χ1n) is 7.41. The first-order chi connectivity index (χ1) is 9.73.